The lowest BCUT2D eigenvalue weighted by molar-refractivity contribution is 0.0981. The maximum Gasteiger partial charge on any atom is 0.264 e. The summed E-state index contributed by atoms with van der Waals surface area (Å²) in [7, 11) is 5.08. The second-order valence-corrected chi connectivity index (χ2v) is 14.2. The number of ether oxygens (including phenoxy) is 1. The van der Waals surface area contributed by atoms with Gasteiger partial charge in [0, 0.05) is 36.1 Å². The third-order valence-electron chi connectivity index (χ3n) is 9.77. The van der Waals surface area contributed by atoms with Gasteiger partial charge in [0.05, 0.1) is 37.3 Å². The topological polar surface area (TPSA) is 81.4 Å². The van der Waals surface area contributed by atoms with Crippen molar-refractivity contribution < 1.29 is 13.7 Å². The van der Waals surface area contributed by atoms with E-state index in [1.165, 1.54) is 69.0 Å². The number of hydrogen-bond acceptors (Lipinski definition) is 4. The molecule has 7 rings (SSSR count). The molecule has 1 unspecified atom stereocenters. The van der Waals surface area contributed by atoms with Gasteiger partial charge in [-0.15, -0.1) is 0 Å². The molecule has 2 saturated carbocycles. The van der Waals surface area contributed by atoms with E-state index in [0.29, 0.717) is 24.1 Å². The Morgan fingerprint density at radius 3 is 2.52 bits per heavy atom. The van der Waals surface area contributed by atoms with E-state index in [2.05, 4.69) is 51.2 Å². The molecule has 9 heteroatoms. The SMILES string of the molecule is COc1ccc2c(c1)C=C(c1c(C)cnn1C1CCC1)Cn1c-2c(C2CCCCC2)c2ccc(C(=O)NS(=O)N(C)C)cc21. The second-order valence-electron chi connectivity index (χ2n) is 12.7. The van der Waals surface area contributed by atoms with Gasteiger partial charge in [-0.2, -0.15) is 5.10 Å². The van der Waals surface area contributed by atoms with Crippen molar-refractivity contribution in [3.05, 3.63) is 70.5 Å². The van der Waals surface area contributed by atoms with Crippen molar-refractivity contribution in [3.63, 3.8) is 0 Å². The lowest BCUT2D eigenvalue weighted by Gasteiger charge is -2.28. The molecule has 1 atom stereocenters. The van der Waals surface area contributed by atoms with Crippen LogP contribution in [0.4, 0.5) is 0 Å². The number of allylic oxidation sites excluding steroid dienone is 1. The quantitative estimate of drug-likeness (QED) is 0.244. The van der Waals surface area contributed by atoms with Crippen LogP contribution in [0.1, 0.15) is 96.1 Å². The van der Waals surface area contributed by atoms with E-state index in [1.807, 2.05) is 18.3 Å². The molecule has 230 valence electrons. The van der Waals surface area contributed by atoms with Crippen LogP contribution < -0.4 is 9.46 Å². The van der Waals surface area contributed by atoms with Crippen molar-refractivity contribution in [2.24, 2.45) is 0 Å². The molecule has 2 aromatic heterocycles. The molecule has 2 aromatic carbocycles. The van der Waals surface area contributed by atoms with Crippen molar-refractivity contribution in [2.45, 2.75) is 76.8 Å². The number of benzene rings is 2. The molecular weight excluding hydrogens is 570 g/mol. The van der Waals surface area contributed by atoms with Crippen LogP contribution in [-0.4, -0.2) is 50.0 Å². The predicted molar refractivity (Wildman–Crippen MR) is 177 cm³/mol. The molecule has 44 heavy (non-hydrogen) atoms. The zero-order valence-corrected chi connectivity index (χ0v) is 26.9. The molecule has 3 aliphatic rings. The molecule has 0 bridgehead atoms. The van der Waals surface area contributed by atoms with Crippen molar-refractivity contribution in [1.29, 1.82) is 0 Å². The summed E-state index contributed by atoms with van der Waals surface area (Å²) in [5.74, 6) is 0.935. The first-order chi connectivity index (χ1) is 21.3. The first kappa shape index (κ1) is 29.0. The fourth-order valence-corrected chi connectivity index (χ4v) is 7.77. The van der Waals surface area contributed by atoms with Gasteiger partial charge < -0.3 is 9.30 Å². The summed E-state index contributed by atoms with van der Waals surface area (Å²) in [5, 5.41) is 6.06. The molecule has 2 fully saturated rings. The van der Waals surface area contributed by atoms with E-state index in [1.54, 1.807) is 21.2 Å². The van der Waals surface area contributed by atoms with Gasteiger partial charge >= 0.3 is 0 Å². The lowest BCUT2D eigenvalue weighted by Crippen LogP contribution is -2.34. The molecule has 0 saturated heterocycles. The minimum absolute atomic E-state index is 0.345. The van der Waals surface area contributed by atoms with E-state index >= 15 is 0 Å². The Kier molecular flexibility index (Phi) is 7.70. The second kappa shape index (κ2) is 11.7. The summed E-state index contributed by atoms with van der Waals surface area (Å²) in [4.78, 5) is 13.3. The number of fused-ring (bicyclic) bond motifs is 5. The monoisotopic (exact) mass is 611 g/mol. The van der Waals surface area contributed by atoms with Gasteiger partial charge in [0.15, 0.2) is 11.2 Å². The van der Waals surface area contributed by atoms with Crippen LogP contribution in [0.15, 0.2) is 42.6 Å². The Balaban J connectivity index is 1.47. The van der Waals surface area contributed by atoms with Gasteiger partial charge in [-0.3, -0.25) is 14.2 Å². The van der Waals surface area contributed by atoms with Crippen LogP contribution in [0, 0.1) is 6.92 Å². The molecular formula is C35H41N5O3S. The Bertz CT molecular complexity index is 1810. The number of methoxy groups -OCH3 is 1. The van der Waals surface area contributed by atoms with E-state index in [0.717, 1.165) is 42.5 Å². The van der Waals surface area contributed by atoms with Gasteiger partial charge in [0.1, 0.15) is 5.75 Å². The molecule has 3 heterocycles. The van der Waals surface area contributed by atoms with Crippen molar-refractivity contribution in [2.75, 3.05) is 21.2 Å². The van der Waals surface area contributed by atoms with E-state index in [-0.39, 0.29) is 5.91 Å². The Morgan fingerprint density at radius 2 is 1.82 bits per heavy atom. The average molecular weight is 612 g/mol. The first-order valence-corrected chi connectivity index (χ1v) is 16.9. The highest BCUT2D eigenvalue weighted by Crippen LogP contribution is 2.48. The van der Waals surface area contributed by atoms with Crippen molar-refractivity contribution in [3.8, 4) is 17.0 Å². The number of aryl methyl sites for hydroxylation is 1. The van der Waals surface area contributed by atoms with Gasteiger partial charge in [-0.05, 0) is 104 Å². The van der Waals surface area contributed by atoms with Crippen LogP contribution in [0.25, 0.3) is 33.8 Å². The standard InChI is InChI=1S/C35H41N5O3S/c1-22-20-36-40(27-11-8-12-27)33(22)26-17-25-18-28(43-4)14-16-29(25)34-32(23-9-6-5-7-10-23)30-15-13-24(19-31(30)39(34)21-26)35(41)37-44(42)38(2)3/h13-20,23,27H,5-12,21H2,1-4H3,(H,37,41). The number of hydrogen-bond donors (Lipinski definition) is 1. The molecule has 0 spiro atoms. The summed E-state index contributed by atoms with van der Waals surface area (Å²) in [5.41, 5.74) is 10.0. The zero-order valence-electron chi connectivity index (χ0n) is 26.1. The smallest absolute Gasteiger partial charge is 0.264 e. The molecule has 8 nitrogen and oxygen atoms in total. The van der Waals surface area contributed by atoms with Crippen LogP contribution >= 0.6 is 0 Å². The van der Waals surface area contributed by atoms with Crippen LogP contribution in [-0.2, 0) is 17.7 Å². The van der Waals surface area contributed by atoms with Gasteiger partial charge in [0.2, 0.25) is 0 Å². The summed E-state index contributed by atoms with van der Waals surface area (Å²) in [6, 6.07) is 12.8. The van der Waals surface area contributed by atoms with Crippen molar-refractivity contribution >= 4 is 39.6 Å². The maximum atomic E-state index is 13.3. The summed E-state index contributed by atoms with van der Waals surface area (Å²) in [6.45, 7) is 2.81. The van der Waals surface area contributed by atoms with Crippen LogP contribution in [0.2, 0.25) is 0 Å². The minimum Gasteiger partial charge on any atom is -0.497 e. The fourth-order valence-electron chi connectivity index (χ4n) is 7.31. The van der Waals surface area contributed by atoms with E-state index < -0.39 is 11.2 Å². The number of amides is 1. The molecule has 4 aromatic rings. The average Bonchev–Trinajstić information content (AvgIpc) is 3.47. The highest BCUT2D eigenvalue weighted by Gasteiger charge is 2.32. The number of nitrogens with one attached hydrogen (secondary N) is 1. The van der Waals surface area contributed by atoms with E-state index in [9.17, 15) is 9.00 Å². The molecule has 2 aliphatic carbocycles. The predicted octanol–water partition coefficient (Wildman–Crippen LogP) is 7.02. The number of carbonyl (C=O) groups is 1. The lowest BCUT2D eigenvalue weighted by atomic mass is 9.81. The summed E-state index contributed by atoms with van der Waals surface area (Å²) < 4.78 is 27.0. The zero-order chi connectivity index (χ0) is 30.5. The van der Waals surface area contributed by atoms with Gasteiger partial charge in [-0.1, -0.05) is 25.3 Å². The minimum atomic E-state index is -1.61. The number of rotatable bonds is 7. The van der Waals surface area contributed by atoms with Crippen molar-refractivity contribution in [1.82, 2.24) is 23.4 Å². The fraction of sp³-hybridized carbons (Fsp3) is 0.429. The van der Waals surface area contributed by atoms with E-state index in [4.69, 9.17) is 9.84 Å². The Labute approximate surface area is 261 Å². The number of aromatic nitrogens is 3. The third kappa shape index (κ3) is 5.00. The molecule has 1 aliphatic heterocycles. The van der Waals surface area contributed by atoms with Gasteiger partial charge in [-0.25, -0.2) is 8.51 Å². The Hall–Kier alpha value is -3.69. The third-order valence-corrected chi connectivity index (χ3v) is 10.8. The summed E-state index contributed by atoms with van der Waals surface area (Å²) in [6.07, 6.45) is 13.9. The highest BCUT2D eigenvalue weighted by molar-refractivity contribution is 7.81. The Morgan fingerprint density at radius 1 is 1.02 bits per heavy atom. The van der Waals surface area contributed by atoms with Crippen LogP contribution in [0.3, 0.4) is 0 Å². The largest absolute Gasteiger partial charge is 0.497 e. The maximum absolute atomic E-state index is 13.3. The van der Waals surface area contributed by atoms with Gasteiger partial charge in [0.25, 0.3) is 5.91 Å². The summed E-state index contributed by atoms with van der Waals surface area (Å²) >= 11 is -1.61. The normalized spacial score (nSPS) is 17.9. The number of carbonyl (C=O) groups excluding carboxylic acids is 1. The highest BCUT2D eigenvalue weighted by atomic mass is 32.2. The molecule has 1 N–H and O–H groups in total. The van der Waals surface area contributed by atoms with Crippen LogP contribution in [0.5, 0.6) is 5.75 Å². The molecule has 0 radical (unpaired) electrons. The first-order valence-electron chi connectivity index (χ1n) is 15.8. The number of nitrogens with zero attached hydrogens (tertiary/aromatic N) is 4. The molecule has 1 amide bonds.